The lowest BCUT2D eigenvalue weighted by molar-refractivity contribution is 0.0524. The van der Waals surface area contributed by atoms with E-state index in [1.165, 1.54) is 5.56 Å². The first-order valence-electron chi connectivity index (χ1n) is 8.16. The Morgan fingerprint density at radius 3 is 2.57 bits per heavy atom. The number of aliphatic imine (C=N–C) groups is 1. The first-order valence-corrected chi connectivity index (χ1v) is 8.54. The zero-order valence-electron chi connectivity index (χ0n) is 13.3. The molecular weight excluding hydrogens is 314 g/mol. The Labute approximate surface area is 142 Å². The maximum atomic E-state index is 6.20. The van der Waals surface area contributed by atoms with Crippen LogP contribution in [0.1, 0.15) is 18.4 Å². The van der Waals surface area contributed by atoms with Gasteiger partial charge in [-0.05, 0) is 30.5 Å². The van der Waals surface area contributed by atoms with Crippen molar-refractivity contribution in [3.05, 3.63) is 34.9 Å². The van der Waals surface area contributed by atoms with Crippen molar-refractivity contribution in [3.8, 4) is 0 Å². The van der Waals surface area contributed by atoms with Crippen molar-refractivity contribution in [2.45, 2.75) is 18.3 Å². The lowest BCUT2D eigenvalue weighted by atomic mass is 9.74. The van der Waals surface area contributed by atoms with Crippen molar-refractivity contribution < 1.29 is 9.47 Å². The molecule has 0 aliphatic carbocycles. The second kappa shape index (κ2) is 7.51. The topological polar surface area (TPSA) is 60.1 Å². The standard InChI is InChI=1S/C17H24ClN3O2/c18-15-3-1-2-14(12-15)17(4-8-22-9-5-17)13-20-16(19)21-6-10-23-11-7-21/h1-3,12H,4-11,13H2,(H2,19,20). The monoisotopic (exact) mass is 337 g/mol. The zero-order chi connectivity index (χ0) is 16.1. The molecule has 2 aliphatic rings. The van der Waals surface area contributed by atoms with E-state index in [2.05, 4.69) is 11.0 Å². The van der Waals surface area contributed by atoms with E-state index >= 15 is 0 Å². The molecular formula is C17H24ClN3O2. The molecule has 23 heavy (non-hydrogen) atoms. The number of hydrogen-bond acceptors (Lipinski definition) is 3. The van der Waals surface area contributed by atoms with Gasteiger partial charge in [0.1, 0.15) is 0 Å². The number of nitrogens with two attached hydrogens (primary N) is 1. The summed E-state index contributed by atoms with van der Waals surface area (Å²) in [5, 5.41) is 0.762. The smallest absolute Gasteiger partial charge is 0.191 e. The minimum atomic E-state index is -0.0416. The normalized spacial score (nSPS) is 22.1. The van der Waals surface area contributed by atoms with Crippen LogP contribution in [0.3, 0.4) is 0 Å². The van der Waals surface area contributed by atoms with Crippen molar-refractivity contribution in [3.63, 3.8) is 0 Å². The molecule has 0 aromatic heterocycles. The summed E-state index contributed by atoms with van der Waals surface area (Å²) in [5.74, 6) is 0.612. The average molecular weight is 338 g/mol. The minimum absolute atomic E-state index is 0.0416. The van der Waals surface area contributed by atoms with Gasteiger partial charge in [0, 0.05) is 36.7 Å². The second-order valence-corrected chi connectivity index (χ2v) is 6.61. The highest BCUT2D eigenvalue weighted by Crippen LogP contribution is 2.36. The third-order valence-electron chi connectivity index (χ3n) is 4.77. The number of benzene rings is 1. The molecule has 2 aliphatic heterocycles. The molecule has 126 valence electrons. The number of hydrogen-bond donors (Lipinski definition) is 1. The quantitative estimate of drug-likeness (QED) is 0.677. The van der Waals surface area contributed by atoms with E-state index in [0.29, 0.717) is 25.7 Å². The molecule has 0 atom stereocenters. The summed E-state index contributed by atoms with van der Waals surface area (Å²) in [6.45, 7) is 5.21. The van der Waals surface area contributed by atoms with E-state index in [-0.39, 0.29) is 5.41 Å². The van der Waals surface area contributed by atoms with Crippen LogP contribution in [0, 0.1) is 0 Å². The predicted octanol–water partition coefficient (Wildman–Crippen LogP) is 2.04. The van der Waals surface area contributed by atoms with Crippen molar-refractivity contribution in [1.29, 1.82) is 0 Å². The van der Waals surface area contributed by atoms with Crippen LogP contribution in [-0.4, -0.2) is 56.9 Å². The third kappa shape index (κ3) is 3.97. The maximum Gasteiger partial charge on any atom is 0.191 e. The summed E-state index contributed by atoms with van der Waals surface area (Å²) >= 11 is 6.20. The summed E-state index contributed by atoms with van der Waals surface area (Å²) in [7, 11) is 0. The number of nitrogens with zero attached hydrogens (tertiary/aromatic N) is 2. The van der Waals surface area contributed by atoms with Gasteiger partial charge in [-0.15, -0.1) is 0 Å². The van der Waals surface area contributed by atoms with Crippen LogP contribution in [0.5, 0.6) is 0 Å². The fourth-order valence-electron chi connectivity index (χ4n) is 3.24. The Morgan fingerprint density at radius 1 is 1.17 bits per heavy atom. The van der Waals surface area contributed by atoms with E-state index in [4.69, 9.17) is 31.8 Å². The largest absolute Gasteiger partial charge is 0.381 e. The van der Waals surface area contributed by atoms with E-state index in [1.807, 2.05) is 18.2 Å². The van der Waals surface area contributed by atoms with Crippen LogP contribution < -0.4 is 5.73 Å². The molecule has 3 rings (SSSR count). The molecule has 1 aromatic rings. The molecule has 0 radical (unpaired) electrons. The van der Waals surface area contributed by atoms with Crippen LogP contribution in [0.2, 0.25) is 5.02 Å². The molecule has 0 bridgehead atoms. The highest BCUT2D eigenvalue weighted by molar-refractivity contribution is 6.30. The summed E-state index contributed by atoms with van der Waals surface area (Å²) < 4.78 is 10.9. The fraction of sp³-hybridized carbons (Fsp3) is 0.588. The van der Waals surface area contributed by atoms with Crippen molar-refractivity contribution >= 4 is 17.6 Å². The number of morpholine rings is 1. The number of halogens is 1. The van der Waals surface area contributed by atoms with E-state index in [1.54, 1.807) is 0 Å². The van der Waals surface area contributed by atoms with Gasteiger partial charge in [-0.1, -0.05) is 23.7 Å². The van der Waals surface area contributed by atoms with Gasteiger partial charge in [0.25, 0.3) is 0 Å². The van der Waals surface area contributed by atoms with E-state index in [9.17, 15) is 0 Å². The molecule has 1 aromatic carbocycles. The van der Waals surface area contributed by atoms with Gasteiger partial charge in [0.05, 0.1) is 19.8 Å². The van der Waals surface area contributed by atoms with E-state index < -0.39 is 0 Å². The molecule has 0 spiro atoms. The maximum absolute atomic E-state index is 6.20. The lowest BCUT2D eigenvalue weighted by Crippen LogP contribution is -2.46. The van der Waals surface area contributed by atoms with Gasteiger partial charge >= 0.3 is 0 Å². The summed E-state index contributed by atoms with van der Waals surface area (Å²) in [6.07, 6.45) is 1.88. The lowest BCUT2D eigenvalue weighted by Gasteiger charge is -2.37. The Bertz CT molecular complexity index is 553. The summed E-state index contributed by atoms with van der Waals surface area (Å²) in [6, 6.07) is 8.10. The molecule has 2 heterocycles. The molecule has 6 heteroatoms. The molecule has 5 nitrogen and oxygen atoms in total. The van der Waals surface area contributed by atoms with Crippen molar-refractivity contribution in [1.82, 2.24) is 4.90 Å². The zero-order valence-corrected chi connectivity index (χ0v) is 14.1. The Morgan fingerprint density at radius 2 is 1.87 bits per heavy atom. The molecule has 0 unspecified atom stereocenters. The summed E-state index contributed by atoms with van der Waals surface area (Å²) in [5.41, 5.74) is 7.38. The van der Waals surface area contributed by atoms with Gasteiger partial charge in [0.15, 0.2) is 5.96 Å². The molecule has 2 N–H and O–H groups in total. The highest BCUT2D eigenvalue weighted by Gasteiger charge is 2.34. The number of ether oxygens (including phenoxy) is 2. The van der Waals surface area contributed by atoms with Crippen LogP contribution in [0.25, 0.3) is 0 Å². The first kappa shape index (κ1) is 16.6. The van der Waals surface area contributed by atoms with Gasteiger partial charge in [-0.2, -0.15) is 0 Å². The fourth-order valence-corrected chi connectivity index (χ4v) is 3.43. The van der Waals surface area contributed by atoms with Gasteiger partial charge in [0.2, 0.25) is 0 Å². The van der Waals surface area contributed by atoms with E-state index in [0.717, 1.165) is 44.2 Å². The number of guanidine groups is 1. The van der Waals surface area contributed by atoms with Gasteiger partial charge in [-0.3, -0.25) is 4.99 Å². The van der Waals surface area contributed by atoms with Crippen LogP contribution in [0.15, 0.2) is 29.3 Å². The average Bonchev–Trinajstić information content (AvgIpc) is 2.61. The Kier molecular flexibility index (Phi) is 5.41. The Hall–Kier alpha value is -1.30. The Balaban J connectivity index is 1.79. The van der Waals surface area contributed by atoms with Gasteiger partial charge in [-0.25, -0.2) is 0 Å². The predicted molar refractivity (Wildman–Crippen MR) is 92.1 cm³/mol. The number of rotatable bonds is 3. The van der Waals surface area contributed by atoms with Crippen LogP contribution >= 0.6 is 11.6 Å². The first-order chi connectivity index (χ1) is 11.2. The van der Waals surface area contributed by atoms with Crippen LogP contribution in [0.4, 0.5) is 0 Å². The minimum Gasteiger partial charge on any atom is -0.381 e. The van der Waals surface area contributed by atoms with Crippen molar-refractivity contribution in [2.24, 2.45) is 10.7 Å². The van der Waals surface area contributed by atoms with Gasteiger partial charge < -0.3 is 20.1 Å². The third-order valence-corrected chi connectivity index (χ3v) is 5.00. The summed E-state index contributed by atoms with van der Waals surface area (Å²) in [4.78, 5) is 6.81. The molecule has 0 amide bonds. The highest BCUT2D eigenvalue weighted by atomic mass is 35.5. The van der Waals surface area contributed by atoms with Crippen LogP contribution in [-0.2, 0) is 14.9 Å². The second-order valence-electron chi connectivity index (χ2n) is 6.18. The molecule has 0 saturated carbocycles. The molecule has 2 fully saturated rings. The molecule has 2 saturated heterocycles. The SMILES string of the molecule is NC(=NCC1(c2cccc(Cl)c2)CCOCC1)N1CCOCC1. The van der Waals surface area contributed by atoms with Crippen molar-refractivity contribution in [2.75, 3.05) is 46.1 Å².